The third kappa shape index (κ3) is 4.05. The van der Waals surface area contributed by atoms with Crippen molar-refractivity contribution in [2.24, 2.45) is 0 Å². The fourth-order valence-corrected chi connectivity index (χ4v) is 4.55. The smallest absolute Gasteiger partial charge is 0.254 e. The number of fused-ring (bicyclic) bond motifs is 1. The van der Waals surface area contributed by atoms with Crippen molar-refractivity contribution in [2.75, 3.05) is 26.9 Å². The van der Waals surface area contributed by atoms with E-state index in [0.717, 1.165) is 31.2 Å². The molecule has 5 nitrogen and oxygen atoms in total. The quantitative estimate of drug-likeness (QED) is 0.859. The minimum atomic E-state index is -0.264. The van der Waals surface area contributed by atoms with Crippen molar-refractivity contribution in [2.45, 2.75) is 69.6 Å². The highest BCUT2D eigenvalue weighted by atomic mass is 16.5. The topological polar surface area (TPSA) is 59.0 Å². The Balaban J connectivity index is 1.78. The monoisotopic (exact) mass is 375 g/mol. The molecular weight excluding hydrogens is 342 g/mol. The molecule has 0 spiro atoms. The van der Waals surface area contributed by atoms with Crippen LogP contribution in [0.25, 0.3) is 0 Å². The van der Waals surface area contributed by atoms with Crippen LogP contribution in [0.3, 0.4) is 0 Å². The van der Waals surface area contributed by atoms with Crippen LogP contribution >= 0.6 is 0 Å². The number of hydrogen-bond acceptors (Lipinski definition) is 4. The molecule has 5 heteroatoms. The van der Waals surface area contributed by atoms with Crippen LogP contribution in [0.5, 0.6) is 0 Å². The molecule has 1 saturated carbocycles. The number of aliphatic hydroxyl groups is 1. The highest BCUT2D eigenvalue weighted by molar-refractivity contribution is 5.94. The van der Waals surface area contributed by atoms with E-state index in [1.807, 2.05) is 17.0 Å². The van der Waals surface area contributed by atoms with Crippen LogP contribution in [-0.4, -0.2) is 60.5 Å². The van der Waals surface area contributed by atoms with Gasteiger partial charge in [0, 0.05) is 19.2 Å². The van der Waals surface area contributed by atoms with Gasteiger partial charge in [0.2, 0.25) is 0 Å². The first-order chi connectivity index (χ1) is 12.8. The van der Waals surface area contributed by atoms with E-state index in [1.165, 1.54) is 5.56 Å². The number of aliphatic hydroxyl groups excluding tert-OH is 1. The van der Waals surface area contributed by atoms with Gasteiger partial charge in [-0.25, -0.2) is 0 Å². The van der Waals surface area contributed by atoms with E-state index in [1.54, 1.807) is 7.11 Å². The van der Waals surface area contributed by atoms with E-state index >= 15 is 0 Å². The number of rotatable bonds is 5. The van der Waals surface area contributed by atoms with Gasteiger partial charge >= 0.3 is 0 Å². The third-order valence-electron chi connectivity index (χ3n) is 6.25. The van der Waals surface area contributed by atoms with Crippen LogP contribution in [0.2, 0.25) is 0 Å². The van der Waals surface area contributed by atoms with Crippen LogP contribution in [0, 0.1) is 0 Å². The van der Waals surface area contributed by atoms with E-state index in [-0.39, 0.29) is 35.7 Å². The Hall–Kier alpha value is -1.43. The Bertz CT molecular complexity index is 651. The number of benzene rings is 1. The fraction of sp³-hybridized carbons (Fsp3) is 0.682. The normalized spacial score (nSPS) is 28.3. The van der Waals surface area contributed by atoms with E-state index in [2.05, 4.69) is 32.9 Å². The van der Waals surface area contributed by atoms with Gasteiger partial charge in [0.15, 0.2) is 0 Å². The minimum absolute atomic E-state index is 0.0229. The van der Waals surface area contributed by atoms with Crippen molar-refractivity contribution < 1.29 is 19.4 Å². The first kappa shape index (κ1) is 20.3. The Morgan fingerprint density at radius 3 is 2.56 bits per heavy atom. The summed E-state index contributed by atoms with van der Waals surface area (Å²) in [4.78, 5) is 15.2. The minimum Gasteiger partial charge on any atom is -0.394 e. The number of carbonyl (C=O) groups is 1. The zero-order chi connectivity index (χ0) is 19.7. The lowest BCUT2D eigenvalue weighted by molar-refractivity contribution is -0.0992. The molecule has 1 amide bonds. The van der Waals surface area contributed by atoms with Crippen LogP contribution in [0.4, 0.5) is 0 Å². The Morgan fingerprint density at radius 2 is 1.96 bits per heavy atom. The molecule has 1 aromatic carbocycles. The molecule has 3 atom stereocenters. The molecule has 3 rings (SSSR count). The highest BCUT2D eigenvalue weighted by Crippen LogP contribution is 2.43. The van der Waals surface area contributed by atoms with E-state index in [0.29, 0.717) is 13.2 Å². The van der Waals surface area contributed by atoms with Gasteiger partial charge in [-0.05, 0) is 48.8 Å². The van der Waals surface area contributed by atoms with Crippen molar-refractivity contribution in [3.63, 3.8) is 0 Å². The summed E-state index contributed by atoms with van der Waals surface area (Å²) in [5.74, 6) is 0.0715. The van der Waals surface area contributed by atoms with Crippen LogP contribution < -0.4 is 0 Å². The summed E-state index contributed by atoms with van der Waals surface area (Å²) >= 11 is 0. The molecule has 0 unspecified atom stereocenters. The molecular formula is C22H33NO4. The fourth-order valence-electron chi connectivity index (χ4n) is 4.55. The molecule has 1 saturated heterocycles. The largest absolute Gasteiger partial charge is 0.394 e. The molecule has 1 heterocycles. The summed E-state index contributed by atoms with van der Waals surface area (Å²) in [6, 6.07) is 8.02. The molecule has 1 aliphatic carbocycles. The third-order valence-corrected chi connectivity index (χ3v) is 6.25. The maximum atomic E-state index is 13.2. The molecule has 0 radical (unpaired) electrons. The number of likely N-dealkylation sites (tertiary alicyclic amines) is 1. The van der Waals surface area contributed by atoms with E-state index in [4.69, 9.17) is 14.6 Å². The van der Waals surface area contributed by atoms with Gasteiger partial charge in [0.05, 0.1) is 31.0 Å². The Morgan fingerprint density at radius 1 is 1.26 bits per heavy atom. The second-order valence-electron chi connectivity index (χ2n) is 8.85. The van der Waals surface area contributed by atoms with Gasteiger partial charge in [-0.3, -0.25) is 4.79 Å². The number of ether oxygens (including phenoxy) is 2. The Kier molecular flexibility index (Phi) is 5.94. The molecule has 27 heavy (non-hydrogen) atoms. The van der Waals surface area contributed by atoms with Gasteiger partial charge in [0.1, 0.15) is 0 Å². The predicted molar refractivity (Wildman–Crippen MR) is 105 cm³/mol. The first-order valence-electron chi connectivity index (χ1n) is 10.00. The van der Waals surface area contributed by atoms with Crippen LogP contribution in [-0.2, 0) is 14.9 Å². The molecule has 0 aromatic heterocycles. The van der Waals surface area contributed by atoms with Crippen molar-refractivity contribution in [1.82, 2.24) is 4.90 Å². The summed E-state index contributed by atoms with van der Waals surface area (Å²) in [7, 11) is 1.76. The Labute approximate surface area is 162 Å². The summed E-state index contributed by atoms with van der Waals surface area (Å²) in [5, 5.41) is 9.04. The lowest BCUT2D eigenvalue weighted by atomic mass is 9.79. The van der Waals surface area contributed by atoms with E-state index in [9.17, 15) is 4.79 Å². The summed E-state index contributed by atoms with van der Waals surface area (Å²) in [6.45, 7) is 7.60. The van der Waals surface area contributed by atoms with Gasteiger partial charge in [0.25, 0.3) is 5.91 Å². The summed E-state index contributed by atoms with van der Waals surface area (Å²) in [6.07, 6.45) is 3.50. The first-order valence-corrected chi connectivity index (χ1v) is 10.00. The molecule has 150 valence electrons. The zero-order valence-electron chi connectivity index (χ0n) is 17.0. The van der Waals surface area contributed by atoms with Gasteiger partial charge in [-0.1, -0.05) is 32.9 Å². The molecule has 0 bridgehead atoms. The predicted octanol–water partition coefficient (Wildman–Crippen LogP) is 3.15. The number of carbonyl (C=O) groups excluding carboxylic acids is 1. The van der Waals surface area contributed by atoms with Crippen LogP contribution in [0.15, 0.2) is 24.3 Å². The van der Waals surface area contributed by atoms with Gasteiger partial charge in [-0.15, -0.1) is 0 Å². The van der Waals surface area contributed by atoms with Crippen LogP contribution in [0.1, 0.15) is 62.4 Å². The number of nitrogens with zero attached hydrogens (tertiary/aromatic N) is 1. The summed E-state index contributed by atoms with van der Waals surface area (Å²) in [5.41, 5.74) is 1.76. The lowest BCUT2D eigenvalue weighted by Gasteiger charge is -2.43. The van der Waals surface area contributed by atoms with Gasteiger partial charge in [-0.2, -0.15) is 0 Å². The number of amides is 1. The second kappa shape index (κ2) is 7.90. The SMILES string of the molecule is CO[C@@]12CC[C@H](OCCO)C[C@@H]1N(C(=O)c1ccc(C(C)(C)C)cc1)CC2. The second-order valence-corrected chi connectivity index (χ2v) is 8.85. The molecule has 1 aromatic rings. The maximum absolute atomic E-state index is 13.2. The number of hydrogen-bond donors (Lipinski definition) is 1. The molecule has 2 fully saturated rings. The number of methoxy groups -OCH3 is 1. The summed E-state index contributed by atoms with van der Waals surface area (Å²) < 4.78 is 11.7. The average Bonchev–Trinajstić information content (AvgIpc) is 3.04. The van der Waals surface area contributed by atoms with E-state index < -0.39 is 0 Å². The molecule has 2 aliphatic rings. The van der Waals surface area contributed by atoms with Crippen molar-refractivity contribution in [3.05, 3.63) is 35.4 Å². The highest BCUT2D eigenvalue weighted by Gasteiger charge is 2.52. The molecule has 1 aliphatic heterocycles. The molecule has 1 N–H and O–H groups in total. The lowest BCUT2D eigenvalue weighted by Crippen LogP contribution is -2.53. The van der Waals surface area contributed by atoms with Gasteiger partial charge < -0.3 is 19.5 Å². The standard InChI is InChI=1S/C22H33NO4/c1-21(2,3)17-7-5-16(6-8-17)20(25)23-12-11-22(26-4)10-9-18(15-19(22)23)27-14-13-24/h5-8,18-19,24H,9-15H2,1-4H3/t18-,19-,22+/m0/s1. The average molecular weight is 376 g/mol. The van der Waals surface area contributed by atoms with Crippen molar-refractivity contribution in [3.8, 4) is 0 Å². The maximum Gasteiger partial charge on any atom is 0.254 e. The van der Waals surface area contributed by atoms with Crippen molar-refractivity contribution >= 4 is 5.91 Å². The van der Waals surface area contributed by atoms with Crippen molar-refractivity contribution in [1.29, 1.82) is 0 Å². The zero-order valence-corrected chi connectivity index (χ0v) is 17.0.